The summed E-state index contributed by atoms with van der Waals surface area (Å²) in [5, 5.41) is 16.6. The van der Waals surface area contributed by atoms with Crippen LogP contribution in [0.25, 0.3) is 5.69 Å². The van der Waals surface area contributed by atoms with Crippen LogP contribution < -0.4 is 0 Å². The van der Waals surface area contributed by atoms with Gasteiger partial charge in [0.15, 0.2) is 5.16 Å². The number of thioether (sulfide) groups is 1. The minimum Gasteiger partial charge on any atom is -0.425 e. The molecule has 96 valence electrons. The van der Waals surface area contributed by atoms with Crippen molar-refractivity contribution in [3.8, 4) is 5.69 Å². The smallest absolute Gasteiger partial charge is 0.226 e. The van der Waals surface area contributed by atoms with Crippen LogP contribution in [0.4, 0.5) is 0 Å². The highest BCUT2D eigenvalue weighted by molar-refractivity contribution is 7.98. The summed E-state index contributed by atoms with van der Waals surface area (Å²) in [6, 6.07) is 9.94. The lowest BCUT2D eigenvalue weighted by molar-refractivity contribution is 0.485. The monoisotopic (exact) mass is 273 g/mol. The molecule has 0 spiro atoms. The molecule has 0 saturated heterocycles. The van der Waals surface area contributed by atoms with Crippen molar-refractivity contribution in [2.45, 2.75) is 17.8 Å². The second-order valence-corrected chi connectivity index (χ2v) is 4.77. The van der Waals surface area contributed by atoms with Crippen LogP contribution in [0.5, 0.6) is 0 Å². The van der Waals surface area contributed by atoms with E-state index in [2.05, 4.69) is 20.4 Å². The molecule has 2 heterocycles. The first-order chi connectivity index (χ1) is 9.33. The maximum atomic E-state index is 5.33. The predicted octanol–water partition coefficient (Wildman–Crippen LogP) is 2.25. The van der Waals surface area contributed by atoms with Crippen LogP contribution in [0.2, 0.25) is 0 Å². The van der Waals surface area contributed by atoms with Gasteiger partial charge in [0, 0.05) is 12.6 Å². The second kappa shape index (κ2) is 5.23. The zero-order chi connectivity index (χ0) is 13.1. The summed E-state index contributed by atoms with van der Waals surface area (Å²) < 4.78 is 7.25. The molecule has 0 aliphatic heterocycles. The van der Waals surface area contributed by atoms with E-state index >= 15 is 0 Å². The van der Waals surface area contributed by atoms with Gasteiger partial charge in [-0.05, 0) is 12.1 Å². The first-order valence-electron chi connectivity index (χ1n) is 5.70. The van der Waals surface area contributed by atoms with E-state index in [1.165, 1.54) is 11.8 Å². The maximum absolute atomic E-state index is 5.33. The standard InChI is InChI=1S/C12H11N5OS/c1-9-14-15-11(18-9)7-19-12-16-13-8-17(12)10-5-3-2-4-6-10/h2-6,8H,7H2,1H3. The molecule has 3 rings (SSSR count). The number of rotatable bonds is 4. The number of nitrogens with zero attached hydrogens (tertiary/aromatic N) is 5. The van der Waals surface area contributed by atoms with E-state index < -0.39 is 0 Å². The van der Waals surface area contributed by atoms with Crippen LogP contribution >= 0.6 is 11.8 Å². The molecule has 0 bridgehead atoms. The molecule has 0 fully saturated rings. The molecule has 0 saturated carbocycles. The number of para-hydroxylation sites is 1. The normalized spacial score (nSPS) is 10.8. The molecule has 0 unspecified atom stereocenters. The average molecular weight is 273 g/mol. The molecule has 7 heteroatoms. The van der Waals surface area contributed by atoms with Crippen molar-refractivity contribution >= 4 is 11.8 Å². The van der Waals surface area contributed by atoms with Gasteiger partial charge in [-0.1, -0.05) is 30.0 Å². The maximum Gasteiger partial charge on any atom is 0.226 e. The van der Waals surface area contributed by atoms with Gasteiger partial charge in [0.1, 0.15) is 6.33 Å². The second-order valence-electron chi connectivity index (χ2n) is 3.82. The Morgan fingerprint density at radius 3 is 2.74 bits per heavy atom. The van der Waals surface area contributed by atoms with Crippen LogP contribution in [0, 0.1) is 6.92 Å². The Labute approximate surface area is 113 Å². The summed E-state index contributed by atoms with van der Waals surface area (Å²) in [7, 11) is 0. The van der Waals surface area contributed by atoms with Gasteiger partial charge in [0.25, 0.3) is 0 Å². The van der Waals surface area contributed by atoms with E-state index in [1.807, 2.05) is 34.9 Å². The molecular weight excluding hydrogens is 262 g/mol. The molecule has 0 atom stereocenters. The number of hydrogen-bond donors (Lipinski definition) is 0. The fourth-order valence-corrected chi connectivity index (χ4v) is 2.38. The third-order valence-corrected chi connectivity index (χ3v) is 3.37. The fourth-order valence-electron chi connectivity index (χ4n) is 1.61. The number of aromatic nitrogens is 5. The average Bonchev–Trinajstić information content (AvgIpc) is 3.06. The Kier molecular flexibility index (Phi) is 3.28. The Morgan fingerprint density at radius 2 is 2.00 bits per heavy atom. The van der Waals surface area contributed by atoms with E-state index in [1.54, 1.807) is 13.3 Å². The largest absolute Gasteiger partial charge is 0.425 e. The van der Waals surface area contributed by atoms with Crippen LogP contribution in [0.15, 0.2) is 46.2 Å². The minimum absolute atomic E-state index is 0.570. The van der Waals surface area contributed by atoms with Crippen molar-refractivity contribution in [2.75, 3.05) is 0 Å². The lowest BCUT2D eigenvalue weighted by atomic mass is 10.3. The van der Waals surface area contributed by atoms with Gasteiger partial charge in [0.05, 0.1) is 5.75 Å². The third-order valence-electron chi connectivity index (χ3n) is 2.44. The van der Waals surface area contributed by atoms with Crippen LogP contribution in [0.1, 0.15) is 11.8 Å². The van der Waals surface area contributed by atoms with Gasteiger partial charge in [-0.15, -0.1) is 20.4 Å². The van der Waals surface area contributed by atoms with Gasteiger partial charge in [-0.25, -0.2) is 0 Å². The topological polar surface area (TPSA) is 69.6 Å². The predicted molar refractivity (Wildman–Crippen MR) is 70.0 cm³/mol. The van der Waals surface area contributed by atoms with E-state index in [4.69, 9.17) is 4.42 Å². The Bertz CT molecular complexity index is 664. The van der Waals surface area contributed by atoms with Gasteiger partial charge in [0.2, 0.25) is 11.8 Å². The van der Waals surface area contributed by atoms with Gasteiger partial charge in [-0.3, -0.25) is 4.57 Å². The van der Waals surface area contributed by atoms with Crippen molar-refractivity contribution in [2.24, 2.45) is 0 Å². The first kappa shape index (κ1) is 11.9. The molecule has 19 heavy (non-hydrogen) atoms. The van der Waals surface area contributed by atoms with Crippen LogP contribution in [-0.2, 0) is 5.75 Å². The Balaban J connectivity index is 1.77. The summed E-state index contributed by atoms with van der Waals surface area (Å²) >= 11 is 1.51. The Morgan fingerprint density at radius 1 is 1.16 bits per heavy atom. The van der Waals surface area contributed by atoms with Crippen molar-refractivity contribution in [1.29, 1.82) is 0 Å². The zero-order valence-corrected chi connectivity index (χ0v) is 11.0. The van der Waals surface area contributed by atoms with E-state index in [0.29, 0.717) is 17.5 Å². The fraction of sp³-hybridized carbons (Fsp3) is 0.167. The highest BCUT2D eigenvalue weighted by atomic mass is 32.2. The summed E-state index contributed by atoms with van der Waals surface area (Å²) in [4.78, 5) is 0. The summed E-state index contributed by atoms with van der Waals surface area (Å²) in [6.07, 6.45) is 1.69. The molecule has 0 radical (unpaired) electrons. The molecule has 3 aromatic rings. The molecule has 0 amide bonds. The van der Waals surface area contributed by atoms with Gasteiger partial charge >= 0.3 is 0 Å². The molecule has 6 nitrogen and oxygen atoms in total. The SMILES string of the molecule is Cc1nnc(CSc2nncn2-c2ccccc2)o1. The van der Waals surface area contributed by atoms with Crippen molar-refractivity contribution in [3.05, 3.63) is 48.4 Å². The number of hydrogen-bond acceptors (Lipinski definition) is 6. The van der Waals surface area contributed by atoms with Gasteiger partial charge < -0.3 is 4.42 Å². The molecular formula is C12H11N5OS. The summed E-state index contributed by atoms with van der Waals surface area (Å²) in [6.45, 7) is 1.77. The number of aryl methyl sites for hydroxylation is 1. The van der Waals surface area contributed by atoms with E-state index in [0.717, 1.165) is 10.8 Å². The molecule has 0 N–H and O–H groups in total. The lowest BCUT2D eigenvalue weighted by Gasteiger charge is -2.04. The third kappa shape index (κ3) is 2.65. The highest BCUT2D eigenvalue weighted by Crippen LogP contribution is 2.22. The van der Waals surface area contributed by atoms with E-state index in [-0.39, 0.29) is 0 Å². The highest BCUT2D eigenvalue weighted by Gasteiger charge is 2.09. The number of benzene rings is 1. The van der Waals surface area contributed by atoms with Crippen LogP contribution in [-0.4, -0.2) is 25.0 Å². The molecule has 0 aliphatic carbocycles. The first-order valence-corrected chi connectivity index (χ1v) is 6.69. The zero-order valence-electron chi connectivity index (χ0n) is 10.2. The summed E-state index contributed by atoms with van der Waals surface area (Å²) in [5.74, 6) is 1.73. The quantitative estimate of drug-likeness (QED) is 0.679. The molecule has 0 aliphatic rings. The molecule has 2 aromatic heterocycles. The molecule has 1 aromatic carbocycles. The minimum atomic E-state index is 0.570. The van der Waals surface area contributed by atoms with E-state index in [9.17, 15) is 0 Å². The van der Waals surface area contributed by atoms with Crippen LogP contribution in [0.3, 0.4) is 0 Å². The van der Waals surface area contributed by atoms with Gasteiger partial charge in [-0.2, -0.15) is 0 Å². The Hall–Kier alpha value is -2.15. The van der Waals surface area contributed by atoms with Crippen molar-refractivity contribution in [3.63, 3.8) is 0 Å². The lowest BCUT2D eigenvalue weighted by Crippen LogP contribution is -1.94. The summed E-state index contributed by atoms with van der Waals surface area (Å²) in [5.41, 5.74) is 1.02. The van der Waals surface area contributed by atoms with Crippen molar-refractivity contribution in [1.82, 2.24) is 25.0 Å². The van der Waals surface area contributed by atoms with Crippen molar-refractivity contribution < 1.29 is 4.42 Å².